The Balaban J connectivity index is 4.21. The van der Waals surface area contributed by atoms with Crippen LogP contribution in [0.15, 0.2) is 0 Å². The smallest absolute Gasteiger partial charge is 0.322 e. The molecule has 0 spiro atoms. The number of hydrogen-bond donors (Lipinski definition) is 4. The van der Waals surface area contributed by atoms with Crippen LogP contribution >= 0.6 is 12.6 Å². The number of carbonyl (C=O) groups excluding carboxylic acids is 3. The Bertz CT molecular complexity index is 387. The Hall–Kier alpha value is -1.77. The van der Waals surface area contributed by atoms with Crippen LogP contribution in [0.25, 0.3) is 0 Å². The summed E-state index contributed by atoms with van der Waals surface area (Å²) in [4.78, 5) is 43.8. The Morgan fingerprint density at radius 3 is 2.35 bits per heavy atom. The SMILES string of the molecule is C[C@@H](CCC(=O)N[C@@H](CS)C(=O)NCC(=O)O)C(=O)[O-]. The highest BCUT2D eigenvalue weighted by molar-refractivity contribution is 7.80. The van der Waals surface area contributed by atoms with E-state index >= 15 is 0 Å². The van der Waals surface area contributed by atoms with Crippen molar-refractivity contribution in [2.45, 2.75) is 25.8 Å². The largest absolute Gasteiger partial charge is 0.550 e. The van der Waals surface area contributed by atoms with Gasteiger partial charge < -0.3 is 25.6 Å². The fraction of sp³-hybridized carbons (Fsp3) is 0.636. The summed E-state index contributed by atoms with van der Waals surface area (Å²) in [6, 6.07) is -0.969. The van der Waals surface area contributed by atoms with Crippen molar-refractivity contribution in [1.82, 2.24) is 10.6 Å². The number of carboxylic acids is 2. The van der Waals surface area contributed by atoms with Gasteiger partial charge in [-0.15, -0.1) is 0 Å². The summed E-state index contributed by atoms with van der Waals surface area (Å²) in [5, 5.41) is 23.4. The molecule has 0 aromatic heterocycles. The molecule has 0 bridgehead atoms. The van der Waals surface area contributed by atoms with E-state index in [-0.39, 0.29) is 18.6 Å². The van der Waals surface area contributed by atoms with E-state index < -0.39 is 42.3 Å². The van der Waals surface area contributed by atoms with Gasteiger partial charge in [0.05, 0.1) is 0 Å². The second-order valence-corrected chi connectivity index (χ2v) is 4.54. The topological polar surface area (TPSA) is 136 Å². The van der Waals surface area contributed by atoms with Crippen LogP contribution in [0.2, 0.25) is 0 Å². The number of aliphatic carboxylic acids is 2. The standard InChI is InChI=1S/C11H18N2O6S/c1-6(11(18)19)2-3-8(14)13-7(5-20)10(17)12-4-9(15)16/h6-7,20H,2-5H2,1H3,(H,12,17)(H,13,14)(H,15,16)(H,18,19)/p-1/t6-,7-/m0/s1. The quantitative estimate of drug-likeness (QED) is 0.356. The lowest BCUT2D eigenvalue weighted by molar-refractivity contribution is -0.311. The zero-order chi connectivity index (χ0) is 15.7. The molecule has 8 nitrogen and oxygen atoms in total. The summed E-state index contributed by atoms with van der Waals surface area (Å²) >= 11 is 3.89. The van der Waals surface area contributed by atoms with Crippen LogP contribution in [0, 0.1) is 5.92 Å². The van der Waals surface area contributed by atoms with Crippen molar-refractivity contribution >= 4 is 36.4 Å². The zero-order valence-electron chi connectivity index (χ0n) is 10.9. The Kier molecular flexibility index (Phi) is 8.37. The third-order valence-electron chi connectivity index (χ3n) is 2.45. The number of carboxylic acid groups (broad SMARTS) is 2. The van der Waals surface area contributed by atoms with Crippen LogP contribution in [0.1, 0.15) is 19.8 Å². The summed E-state index contributed by atoms with van der Waals surface area (Å²) in [7, 11) is 0. The fourth-order valence-electron chi connectivity index (χ4n) is 1.21. The van der Waals surface area contributed by atoms with Crippen molar-refractivity contribution in [1.29, 1.82) is 0 Å². The first-order chi connectivity index (χ1) is 9.27. The molecule has 2 atom stereocenters. The van der Waals surface area contributed by atoms with Crippen LogP contribution in [0.3, 0.4) is 0 Å². The number of carbonyl (C=O) groups is 4. The molecule has 0 aliphatic rings. The molecular weight excluding hydrogens is 288 g/mol. The minimum atomic E-state index is -1.25. The summed E-state index contributed by atoms with van der Waals surface area (Å²) in [6.07, 6.45) is 0.00976. The Morgan fingerprint density at radius 2 is 1.90 bits per heavy atom. The molecule has 0 aliphatic carbocycles. The number of nitrogens with one attached hydrogen (secondary N) is 2. The highest BCUT2D eigenvalue weighted by Crippen LogP contribution is 2.04. The predicted octanol–water partition coefficient (Wildman–Crippen LogP) is -2.23. The van der Waals surface area contributed by atoms with Crippen molar-refractivity contribution in [3.8, 4) is 0 Å². The predicted molar refractivity (Wildman–Crippen MR) is 69.8 cm³/mol. The molecule has 9 heteroatoms. The van der Waals surface area contributed by atoms with Gasteiger partial charge in [-0.2, -0.15) is 12.6 Å². The fourth-order valence-corrected chi connectivity index (χ4v) is 1.47. The van der Waals surface area contributed by atoms with Crippen LogP contribution < -0.4 is 15.7 Å². The van der Waals surface area contributed by atoms with Crippen molar-refractivity contribution in [2.24, 2.45) is 5.92 Å². The molecule has 20 heavy (non-hydrogen) atoms. The lowest BCUT2D eigenvalue weighted by Gasteiger charge is -2.17. The highest BCUT2D eigenvalue weighted by atomic mass is 32.1. The first-order valence-electron chi connectivity index (χ1n) is 5.88. The first kappa shape index (κ1) is 18.2. The maximum absolute atomic E-state index is 11.5. The molecule has 114 valence electrons. The van der Waals surface area contributed by atoms with Gasteiger partial charge in [-0.1, -0.05) is 6.92 Å². The van der Waals surface area contributed by atoms with Crippen molar-refractivity contribution in [3.63, 3.8) is 0 Å². The van der Waals surface area contributed by atoms with E-state index in [0.29, 0.717) is 0 Å². The molecule has 2 amide bonds. The van der Waals surface area contributed by atoms with E-state index in [0.717, 1.165) is 0 Å². The summed E-state index contributed by atoms with van der Waals surface area (Å²) in [5.41, 5.74) is 0. The molecule has 0 radical (unpaired) electrons. The van der Waals surface area contributed by atoms with Gasteiger partial charge in [0.2, 0.25) is 11.8 Å². The third-order valence-corrected chi connectivity index (χ3v) is 2.82. The second kappa shape index (κ2) is 9.18. The minimum absolute atomic E-state index is 0.00671. The normalized spacial score (nSPS) is 13.1. The van der Waals surface area contributed by atoms with Crippen LogP contribution in [0.4, 0.5) is 0 Å². The molecule has 0 unspecified atom stereocenters. The number of rotatable bonds is 9. The number of hydrogen-bond acceptors (Lipinski definition) is 6. The van der Waals surface area contributed by atoms with Gasteiger partial charge >= 0.3 is 5.97 Å². The average molecular weight is 305 g/mol. The van der Waals surface area contributed by atoms with Gasteiger partial charge in [0, 0.05) is 18.1 Å². The monoisotopic (exact) mass is 305 g/mol. The minimum Gasteiger partial charge on any atom is -0.550 e. The molecule has 0 saturated heterocycles. The Morgan fingerprint density at radius 1 is 1.30 bits per heavy atom. The molecule has 3 N–H and O–H groups in total. The first-order valence-corrected chi connectivity index (χ1v) is 6.51. The lowest BCUT2D eigenvalue weighted by atomic mass is 10.1. The van der Waals surface area contributed by atoms with E-state index in [2.05, 4.69) is 23.3 Å². The van der Waals surface area contributed by atoms with E-state index in [1.165, 1.54) is 6.92 Å². The van der Waals surface area contributed by atoms with Crippen LogP contribution in [-0.4, -0.2) is 47.2 Å². The molecule has 0 fully saturated rings. The summed E-state index contributed by atoms with van der Waals surface area (Å²) in [6.45, 7) is 0.860. The lowest BCUT2D eigenvalue weighted by Crippen LogP contribution is -2.49. The average Bonchev–Trinajstić information content (AvgIpc) is 2.38. The molecule has 0 rings (SSSR count). The van der Waals surface area contributed by atoms with Gasteiger partial charge in [0.15, 0.2) is 0 Å². The van der Waals surface area contributed by atoms with Crippen molar-refractivity contribution < 1.29 is 29.4 Å². The van der Waals surface area contributed by atoms with Crippen LogP contribution in [-0.2, 0) is 19.2 Å². The summed E-state index contributed by atoms with van der Waals surface area (Å²) < 4.78 is 0. The van der Waals surface area contributed by atoms with Crippen molar-refractivity contribution in [3.05, 3.63) is 0 Å². The van der Waals surface area contributed by atoms with E-state index in [1.807, 2.05) is 0 Å². The zero-order valence-corrected chi connectivity index (χ0v) is 11.8. The van der Waals surface area contributed by atoms with E-state index in [1.54, 1.807) is 0 Å². The molecule has 0 aromatic carbocycles. The number of thiol groups is 1. The maximum Gasteiger partial charge on any atom is 0.322 e. The Labute approximate surface area is 121 Å². The highest BCUT2D eigenvalue weighted by Gasteiger charge is 2.19. The van der Waals surface area contributed by atoms with Gasteiger partial charge in [-0.3, -0.25) is 14.4 Å². The van der Waals surface area contributed by atoms with Crippen LogP contribution in [0.5, 0.6) is 0 Å². The van der Waals surface area contributed by atoms with Crippen molar-refractivity contribution in [2.75, 3.05) is 12.3 Å². The van der Waals surface area contributed by atoms with E-state index in [9.17, 15) is 24.3 Å². The summed E-state index contributed by atoms with van der Waals surface area (Å²) in [5.74, 6) is -4.40. The molecule has 0 saturated carbocycles. The molecular formula is C11H17N2O6S-. The van der Waals surface area contributed by atoms with Gasteiger partial charge in [-0.05, 0) is 12.3 Å². The van der Waals surface area contributed by atoms with E-state index in [4.69, 9.17) is 5.11 Å². The molecule has 0 heterocycles. The molecule has 0 aromatic rings. The third kappa shape index (κ3) is 7.62. The maximum atomic E-state index is 11.5. The second-order valence-electron chi connectivity index (χ2n) is 4.17. The van der Waals surface area contributed by atoms with Gasteiger partial charge in [0.1, 0.15) is 12.6 Å². The van der Waals surface area contributed by atoms with Gasteiger partial charge in [-0.25, -0.2) is 0 Å². The number of amides is 2. The van der Waals surface area contributed by atoms with Gasteiger partial charge in [0.25, 0.3) is 0 Å². The molecule has 0 aliphatic heterocycles.